The van der Waals surface area contributed by atoms with Crippen molar-refractivity contribution in [1.82, 2.24) is 4.98 Å². The molecule has 1 aliphatic rings. The second-order valence-electron chi connectivity index (χ2n) is 3.19. The average Bonchev–Trinajstić information content (AvgIpc) is 2.44. The number of nitrogens with two attached hydrogens (primary N) is 2. The lowest BCUT2D eigenvalue weighted by Crippen LogP contribution is -2.16. The zero-order valence-electron chi connectivity index (χ0n) is 6.92. The lowest BCUT2D eigenvalue weighted by Gasteiger charge is -2.18. The van der Waals surface area contributed by atoms with Gasteiger partial charge < -0.3 is 11.5 Å². The van der Waals surface area contributed by atoms with Crippen molar-refractivity contribution in [2.75, 3.05) is 12.3 Å². The Morgan fingerprint density at radius 2 is 2.42 bits per heavy atom. The minimum atomic E-state index is 0.517. The molecule has 0 bridgehead atoms. The Morgan fingerprint density at radius 1 is 1.58 bits per heavy atom. The highest BCUT2D eigenvalue weighted by atomic mass is 32.1. The van der Waals surface area contributed by atoms with E-state index >= 15 is 0 Å². The van der Waals surface area contributed by atoms with Crippen LogP contribution in [0.15, 0.2) is 0 Å². The van der Waals surface area contributed by atoms with E-state index in [1.54, 1.807) is 11.3 Å². The summed E-state index contributed by atoms with van der Waals surface area (Å²) in [5.74, 6) is 0.517. The molecule has 1 heterocycles. The van der Waals surface area contributed by atoms with Gasteiger partial charge in [0.25, 0.3) is 0 Å². The minimum absolute atomic E-state index is 0.517. The summed E-state index contributed by atoms with van der Waals surface area (Å²) >= 11 is 1.61. The fraction of sp³-hybridized carbons (Fsp3) is 0.625. The minimum Gasteiger partial charge on any atom is -0.375 e. The number of anilines is 1. The molecule has 4 heteroatoms. The van der Waals surface area contributed by atoms with E-state index in [0.717, 1.165) is 13.0 Å². The molecule has 0 aromatic carbocycles. The Bertz CT molecular complexity index is 282. The maximum Gasteiger partial charge on any atom is 0.180 e. The number of rotatable bonds is 1. The SMILES string of the molecule is NCC1CCCc2nc(N)sc21. The first kappa shape index (κ1) is 8.01. The van der Waals surface area contributed by atoms with Gasteiger partial charge in [0, 0.05) is 17.3 Å². The Hall–Kier alpha value is -0.610. The van der Waals surface area contributed by atoms with Crippen LogP contribution in [-0.4, -0.2) is 11.5 Å². The molecule has 4 N–H and O–H groups in total. The van der Waals surface area contributed by atoms with E-state index in [1.165, 1.54) is 23.4 Å². The molecule has 1 aromatic rings. The van der Waals surface area contributed by atoms with Gasteiger partial charge in [-0.15, -0.1) is 11.3 Å². The van der Waals surface area contributed by atoms with Gasteiger partial charge in [0.15, 0.2) is 5.13 Å². The van der Waals surface area contributed by atoms with Crippen molar-refractivity contribution in [3.05, 3.63) is 10.6 Å². The summed E-state index contributed by atoms with van der Waals surface area (Å²) in [6, 6.07) is 0. The van der Waals surface area contributed by atoms with E-state index in [4.69, 9.17) is 11.5 Å². The van der Waals surface area contributed by atoms with Gasteiger partial charge in [-0.2, -0.15) is 0 Å². The molecular formula is C8H13N3S. The summed E-state index contributed by atoms with van der Waals surface area (Å²) in [6.45, 7) is 0.731. The molecule has 3 nitrogen and oxygen atoms in total. The third-order valence-corrected chi connectivity index (χ3v) is 3.45. The van der Waals surface area contributed by atoms with Gasteiger partial charge in [-0.1, -0.05) is 0 Å². The van der Waals surface area contributed by atoms with Crippen LogP contribution in [-0.2, 0) is 6.42 Å². The molecule has 0 spiro atoms. The fourth-order valence-electron chi connectivity index (χ4n) is 1.75. The van der Waals surface area contributed by atoms with E-state index in [0.29, 0.717) is 11.0 Å². The molecular weight excluding hydrogens is 170 g/mol. The van der Waals surface area contributed by atoms with Crippen molar-refractivity contribution in [1.29, 1.82) is 0 Å². The number of nitrogens with zero attached hydrogens (tertiary/aromatic N) is 1. The van der Waals surface area contributed by atoms with E-state index in [-0.39, 0.29) is 0 Å². The summed E-state index contributed by atoms with van der Waals surface area (Å²) < 4.78 is 0. The van der Waals surface area contributed by atoms with Crippen LogP contribution >= 0.6 is 11.3 Å². The number of nitrogen functional groups attached to an aromatic ring is 1. The molecule has 66 valence electrons. The quantitative estimate of drug-likeness (QED) is 0.685. The van der Waals surface area contributed by atoms with Gasteiger partial charge in [-0.3, -0.25) is 0 Å². The highest BCUT2D eigenvalue weighted by Gasteiger charge is 2.22. The second-order valence-corrected chi connectivity index (χ2v) is 4.25. The van der Waals surface area contributed by atoms with Crippen molar-refractivity contribution in [3.63, 3.8) is 0 Å². The Morgan fingerprint density at radius 3 is 3.17 bits per heavy atom. The van der Waals surface area contributed by atoms with Crippen molar-refractivity contribution in [2.45, 2.75) is 25.2 Å². The van der Waals surface area contributed by atoms with Crippen LogP contribution in [0.2, 0.25) is 0 Å². The molecule has 1 atom stereocenters. The third-order valence-electron chi connectivity index (χ3n) is 2.37. The highest BCUT2D eigenvalue weighted by Crippen LogP contribution is 2.35. The zero-order chi connectivity index (χ0) is 8.55. The maximum absolute atomic E-state index is 5.67. The number of aromatic nitrogens is 1. The molecule has 0 amide bonds. The summed E-state index contributed by atoms with van der Waals surface area (Å²) in [4.78, 5) is 5.62. The Balaban J connectivity index is 2.36. The second kappa shape index (κ2) is 3.03. The summed E-state index contributed by atoms with van der Waals surface area (Å²) in [7, 11) is 0. The first-order valence-corrected chi connectivity index (χ1v) is 5.08. The van der Waals surface area contributed by atoms with E-state index in [1.807, 2.05) is 0 Å². The zero-order valence-corrected chi connectivity index (χ0v) is 7.73. The molecule has 1 unspecified atom stereocenters. The van der Waals surface area contributed by atoms with Crippen LogP contribution in [0.25, 0.3) is 0 Å². The highest BCUT2D eigenvalue weighted by molar-refractivity contribution is 7.15. The van der Waals surface area contributed by atoms with Gasteiger partial charge in [0.1, 0.15) is 0 Å². The predicted octanol–water partition coefficient (Wildman–Crippen LogP) is 1.10. The molecule has 0 fully saturated rings. The average molecular weight is 183 g/mol. The number of thiazole rings is 1. The van der Waals surface area contributed by atoms with Crippen molar-refractivity contribution in [3.8, 4) is 0 Å². The maximum atomic E-state index is 5.67. The first-order valence-electron chi connectivity index (χ1n) is 4.26. The number of fused-ring (bicyclic) bond motifs is 1. The topological polar surface area (TPSA) is 64.9 Å². The molecule has 12 heavy (non-hydrogen) atoms. The third kappa shape index (κ3) is 1.21. The monoisotopic (exact) mass is 183 g/mol. The molecule has 0 saturated carbocycles. The summed E-state index contributed by atoms with van der Waals surface area (Å²) in [5.41, 5.74) is 12.5. The lowest BCUT2D eigenvalue weighted by atomic mass is 9.92. The predicted molar refractivity (Wildman–Crippen MR) is 51.3 cm³/mol. The Labute approximate surface area is 75.8 Å². The van der Waals surface area contributed by atoms with E-state index in [9.17, 15) is 0 Å². The van der Waals surface area contributed by atoms with E-state index < -0.39 is 0 Å². The van der Waals surface area contributed by atoms with Crippen LogP contribution in [0.4, 0.5) is 5.13 Å². The van der Waals surface area contributed by atoms with Crippen molar-refractivity contribution < 1.29 is 0 Å². The van der Waals surface area contributed by atoms with Crippen LogP contribution in [0.1, 0.15) is 29.3 Å². The van der Waals surface area contributed by atoms with E-state index in [2.05, 4.69) is 4.98 Å². The first-order chi connectivity index (χ1) is 5.81. The fourth-order valence-corrected chi connectivity index (χ4v) is 2.78. The van der Waals surface area contributed by atoms with Crippen LogP contribution in [0.3, 0.4) is 0 Å². The molecule has 1 aliphatic carbocycles. The summed E-state index contributed by atoms with van der Waals surface area (Å²) in [5, 5.41) is 0.695. The molecule has 2 rings (SSSR count). The number of hydrogen-bond acceptors (Lipinski definition) is 4. The molecule has 0 radical (unpaired) electrons. The lowest BCUT2D eigenvalue weighted by molar-refractivity contribution is 0.564. The smallest absolute Gasteiger partial charge is 0.180 e. The van der Waals surface area contributed by atoms with Crippen LogP contribution in [0.5, 0.6) is 0 Å². The van der Waals surface area contributed by atoms with Crippen LogP contribution < -0.4 is 11.5 Å². The van der Waals surface area contributed by atoms with Gasteiger partial charge >= 0.3 is 0 Å². The number of hydrogen-bond donors (Lipinski definition) is 2. The van der Waals surface area contributed by atoms with Crippen LogP contribution in [0, 0.1) is 0 Å². The Kier molecular flexibility index (Phi) is 2.02. The summed E-state index contributed by atoms with van der Waals surface area (Å²) in [6.07, 6.45) is 3.49. The van der Waals surface area contributed by atoms with Gasteiger partial charge in [0.2, 0.25) is 0 Å². The molecule has 0 saturated heterocycles. The largest absolute Gasteiger partial charge is 0.375 e. The van der Waals surface area contributed by atoms with Gasteiger partial charge in [-0.05, 0) is 19.3 Å². The van der Waals surface area contributed by atoms with Crippen molar-refractivity contribution >= 4 is 16.5 Å². The van der Waals surface area contributed by atoms with Crippen molar-refractivity contribution in [2.24, 2.45) is 5.73 Å². The number of aryl methyl sites for hydroxylation is 1. The van der Waals surface area contributed by atoms with Gasteiger partial charge in [-0.25, -0.2) is 4.98 Å². The normalized spacial score (nSPS) is 22.2. The molecule has 1 aromatic heterocycles. The molecule has 0 aliphatic heterocycles. The standard InChI is InChI=1S/C8H13N3S/c9-4-5-2-1-3-6-7(5)12-8(10)11-6/h5H,1-4,9H2,(H2,10,11). The van der Waals surface area contributed by atoms with Gasteiger partial charge in [0.05, 0.1) is 5.69 Å².